The lowest BCUT2D eigenvalue weighted by molar-refractivity contribution is 0.0521. The smallest absolute Gasteiger partial charge is 0.253 e. The molecule has 126 valence electrons. The van der Waals surface area contributed by atoms with Crippen LogP contribution in [0.2, 0.25) is 0 Å². The summed E-state index contributed by atoms with van der Waals surface area (Å²) in [5, 5.41) is 0. The van der Waals surface area contributed by atoms with Crippen LogP contribution in [0.4, 0.5) is 5.82 Å². The van der Waals surface area contributed by atoms with Gasteiger partial charge in [-0.1, -0.05) is 12.1 Å². The number of para-hydroxylation sites is 2. The number of aromatic nitrogens is 1. The number of anilines is 1. The number of likely N-dealkylation sites (N-methyl/N-ethyl adjacent to an activating group) is 1. The first-order chi connectivity index (χ1) is 11.5. The van der Waals surface area contributed by atoms with Gasteiger partial charge in [-0.15, -0.1) is 0 Å². The van der Waals surface area contributed by atoms with Gasteiger partial charge in [-0.05, 0) is 24.3 Å². The topological polar surface area (TPSA) is 54.9 Å². The van der Waals surface area contributed by atoms with E-state index in [4.69, 9.17) is 9.47 Å². The number of fused-ring (bicyclic) bond motifs is 1. The van der Waals surface area contributed by atoms with Crippen LogP contribution in [-0.4, -0.2) is 56.2 Å². The van der Waals surface area contributed by atoms with E-state index in [1.165, 1.54) is 0 Å². The number of amides is 1. The average molecular weight is 327 g/mol. The molecule has 6 heteroatoms. The molecule has 0 saturated carbocycles. The van der Waals surface area contributed by atoms with Crippen LogP contribution in [0.3, 0.4) is 0 Å². The Morgan fingerprint density at radius 2 is 1.96 bits per heavy atom. The van der Waals surface area contributed by atoms with E-state index in [-0.39, 0.29) is 12.0 Å². The van der Waals surface area contributed by atoms with Gasteiger partial charge >= 0.3 is 0 Å². The van der Waals surface area contributed by atoms with Gasteiger partial charge in [0.05, 0.1) is 6.54 Å². The highest BCUT2D eigenvalue weighted by Gasteiger charge is 2.24. The highest BCUT2D eigenvalue weighted by Crippen LogP contribution is 2.31. The number of hydrogen-bond donors (Lipinski definition) is 0. The first-order valence-corrected chi connectivity index (χ1v) is 7.82. The summed E-state index contributed by atoms with van der Waals surface area (Å²) in [5.41, 5.74) is 0.605. The monoisotopic (exact) mass is 327 g/mol. The van der Waals surface area contributed by atoms with Crippen molar-refractivity contribution in [1.82, 2.24) is 9.88 Å². The summed E-state index contributed by atoms with van der Waals surface area (Å²) in [5.74, 6) is 2.14. The molecule has 1 aromatic carbocycles. The molecule has 0 fully saturated rings. The summed E-state index contributed by atoms with van der Waals surface area (Å²) < 4.78 is 11.6. The number of carbonyl (C=O) groups excluding carboxylic acids is 1. The molecule has 2 heterocycles. The summed E-state index contributed by atoms with van der Waals surface area (Å²) in [6, 6.07) is 11.1. The predicted octanol–water partition coefficient (Wildman–Crippen LogP) is 2.06. The molecule has 1 aromatic heterocycles. The maximum atomic E-state index is 12.6. The third kappa shape index (κ3) is 3.42. The molecule has 0 unspecified atom stereocenters. The normalized spacial score (nSPS) is 15.7. The molecule has 0 aliphatic carbocycles. The second-order valence-electron chi connectivity index (χ2n) is 5.98. The maximum Gasteiger partial charge on any atom is 0.253 e. The van der Waals surface area contributed by atoms with Gasteiger partial charge in [0.1, 0.15) is 12.4 Å². The number of carbonyl (C=O) groups is 1. The number of benzene rings is 1. The lowest BCUT2D eigenvalue weighted by Crippen LogP contribution is -2.41. The van der Waals surface area contributed by atoms with Crippen molar-refractivity contribution in [2.75, 3.05) is 39.2 Å². The molecular formula is C18H21N3O3. The summed E-state index contributed by atoms with van der Waals surface area (Å²) in [7, 11) is 5.55. The van der Waals surface area contributed by atoms with E-state index in [0.29, 0.717) is 24.5 Å². The number of ether oxygens (including phenoxy) is 2. The van der Waals surface area contributed by atoms with E-state index in [2.05, 4.69) is 4.98 Å². The Morgan fingerprint density at radius 3 is 2.71 bits per heavy atom. The van der Waals surface area contributed by atoms with Gasteiger partial charge in [0.2, 0.25) is 0 Å². The van der Waals surface area contributed by atoms with Crippen molar-refractivity contribution in [2.45, 2.75) is 6.10 Å². The minimum Gasteiger partial charge on any atom is -0.486 e. The van der Waals surface area contributed by atoms with E-state index in [0.717, 1.165) is 11.6 Å². The fourth-order valence-electron chi connectivity index (χ4n) is 2.56. The van der Waals surface area contributed by atoms with Crippen LogP contribution in [0.1, 0.15) is 10.4 Å². The molecule has 24 heavy (non-hydrogen) atoms. The third-order valence-corrected chi connectivity index (χ3v) is 3.84. The summed E-state index contributed by atoms with van der Waals surface area (Å²) in [6.45, 7) is 0.876. The van der Waals surface area contributed by atoms with E-state index < -0.39 is 0 Å². The van der Waals surface area contributed by atoms with E-state index in [1.54, 1.807) is 30.3 Å². The van der Waals surface area contributed by atoms with Crippen molar-refractivity contribution in [2.24, 2.45) is 0 Å². The minimum absolute atomic E-state index is 0.0667. The van der Waals surface area contributed by atoms with Gasteiger partial charge in [0, 0.05) is 32.9 Å². The quantitative estimate of drug-likeness (QED) is 0.860. The van der Waals surface area contributed by atoms with Gasteiger partial charge in [-0.3, -0.25) is 4.79 Å². The third-order valence-electron chi connectivity index (χ3n) is 3.84. The molecule has 1 amide bonds. The molecule has 3 rings (SSSR count). The van der Waals surface area contributed by atoms with Crippen molar-refractivity contribution in [3.63, 3.8) is 0 Å². The molecule has 1 aliphatic heterocycles. The lowest BCUT2D eigenvalue weighted by atomic mass is 10.2. The van der Waals surface area contributed by atoms with Gasteiger partial charge in [-0.25, -0.2) is 4.98 Å². The number of pyridine rings is 1. The van der Waals surface area contributed by atoms with Gasteiger partial charge in [0.15, 0.2) is 17.6 Å². The van der Waals surface area contributed by atoms with Crippen LogP contribution in [0.15, 0.2) is 42.6 Å². The molecule has 0 radical (unpaired) electrons. The van der Waals surface area contributed by atoms with Crippen molar-refractivity contribution >= 4 is 11.7 Å². The van der Waals surface area contributed by atoms with Crippen LogP contribution < -0.4 is 14.4 Å². The molecule has 6 nitrogen and oxygen atoms in total. The minimum atomic E-state index is -0.191. The molecule has 0 bridgehead atoms. The number of hydrogen-bond acceptors (Lipinski definition) is 5. The Bertz CT molecular complexity index is 733. The van der Waals surface area contributed by atoms with Crippen LogP contribution >= 0.6 is 0 Å². The number of rotatable bonds is 4. The van der Waals surface area contributed by atoms with Crippen molar-refractivity contribution in [3.8, 4) is 11.5 Å². The predicted molar refractivity (Wildman–Crippen MR) is 91.9 cm³/mol. The Hall–Kier alpha value is -2.76. The highest BCUT2D eigenvalue weighted by molar-refractivity contribution is 5.94. The van der Waals surface area contributed by atoms with Crippen molar-refractivity contribution in [1.29, 1.82) is 0 Å². The second-order valence-corrected chi connectivity index (χ2v) is 5.98. The zero-order valence-electron chi connectivity index (χ0n) is 14.1. The van der Waals surface area contributed by atoms with Gasteiger partial charge < -0.3 is 19.3 Å². The molecular weight excluding hydrogens is 306 g/mol. The molecule has 1 atom stereocenters. The first-order valence-electron chi connectivity index (χ1n) is 7.82. The Balaban J connectivity index is 1.66. The second kappa shape index (κ2) is 6.78. The molecule has 1 aliphatic rings. The average Bonchev–Trinajstić information content (AvgIpc) is 2.61. The van der Waals surface area contributed by atoms with Gasteiger partial charge in [0.25, 0.3) is 5.91 Å². The lowest BCUT2D eigenvalue weighted by Gasteiger charge is -2.29. The fourth-order valence-corrected chi connectivity index (χ4v) is 2.56. The maximum absolute atomic E-state index is 12.6. The molecule has 0 spiro atoms. The summed E-state index contributed by atoms with van der Waals surface area (Å²) in [6.07, 6.45) is 1.45. The largest absolute Gasteiger partial charge is 0.486 e. The van der Waals surface area contributed by atoms with Crippen LogP contribution in [0, 0.1) is 0 Å². The Morgan fingerprint density at radius 1 is 1.21 bits per heavy atom. The first kappa shape index (κ1) is 16.1. The SMILES string of the molecule is CN(C[C@@H]1COc2ccccc2O1)C(=O)c1ccnc(N(C)C)c1. The van der Waals surface area contributed by atoms with E-state index in [1.807, 2.05) is 43.3 Å². The highest BCUT2D eigenvalue weighted by atomic mass is 16.6. The Kier molecular flexibility index (Phi) is 4.55. The van der Waals surface area contributed by atoms with Gasteiger partial charge in [-0.2, -0.15) is 0 Å². The number of nitrogens with zero attached hydrogens (tertiary/aromatic N) is 3. The van der Waals surface area contributed by atoms with Crippen molar-refractivity contribution < 1.29 is 14.3 Å². The molecule has 0 saturated heterocycles. The van der Waals surface area contributed by atoms with Crippen LogP contribution in [-0.2, 0) is 0 Å². The van der Waals surface area contributed by atoms with E-state index >= 15 is 0 Å². The molecule has 2 aromatic rings. The standard InChI is InChI=1S/C18H21N3O3/c1-20(2)17-10-13(8-9-19-17)18(22)21(3)11-14-12-23-15-6-4-5-7-16(15)24-14/h4-10,14H,11-12H2,1-3H3/t14-/m1/s1. The zero-order valence-corrected chi connectivity index (χ0v) is 14.1. The Labute approximate surface area is 141 Å². The van der Waals surface area contributed by atoms with Crippen LogP contribution in [0.25, 0.3) is 0 Å². The van der Waals surface area contributed by atoms with E-state index in [9.17, 15) is 4.79 Å². The zero-order chi connectivity index (χ0) is 17.1. The molecule has 0 N–H and O–H groups in total. The summed E-state index contributed by atoms with van der Waals surface area (Å²) in [4.78, 5) is 20.4. The fraction of sp³-hybridized carbons (Fsp3) is 0.333. The van der Waals surface area contributed by atoms with Crippen molar-refractivity contribution in [3.05, 3.63) is 48.2 Å². The summed E-state index contributed by atoms with van der Waals surface area (Å²) >= 11 is 0. The van der Waals surface area contributed by atoms with Crippen LogP contribution in [0.5, 0.6) is 11.5 Å².